The number of nitrogens with zero attached hydrogens (tertiary/aromatic N) is 2. The van der Waals surface area contributed by atoms with Crippen molar-refractivity contribution < 1.29 is 19.5 Å². The number of rotatable bonds is 7. The van der Waals surface area contributed by atoms with Crippen LogP contribution in [-0.4, -0.2) is 45.9 Å². The number of carboxylic acids is 1. The summed E-state index contributed by atoms with van der Waals surface area (Å²) in [6.07, 6.45) is 2.52. The van der Waals surface area contributed by atoms with Crippen molar-refractivity contribution >= 4 is 34.3 Å². The highest BCUT2D eigenvalue weighted by molar-refractivity contribution is 7.13. The zero-order valence-corrected chi connectivity index (χ0v) is 12.3. The highest BCUT2D eigenvalue weighted by Crippen LogP contribution is 2.17. The summed E-state index contributed by atoms with van der Waals surface area (Å²) < 4.78 is 0. The fourth-order valence-electron chi connectivity index (χ4n) is 2.10. The average molecular weight is 311 g/mol. The van der Waals surface area contributed by atoms with Gasteiger partial charge in [-0.2, -0.15) is 0 Å². The summed E-state index contributed by atoms with van der Waals surface area (Å²) in [5, 5.41) is 13.5. The molecule has 0 radical (unpaired) electrons. The lowest BCUT2D eigenvalue weighted by molar-refractivity contribution is -0.137. The van der Waals surface area contributed by atoms with Crippen LogP contribution in [0, 0.1) is 0 Å². The van der Waals surface area contributed by atoms with Gasteiger partial charge in [0.2, 0.25) is 11.8 Å². The van der Waals surface area contributed by atoms with Gasteiger partial charge in [0.05, 0.1) is 12.2 Å². The van der Waals surface area contributed by atoms with Crippen molar-refractivity contribution in [2.45, 2.75) is 32.1 Å². The van der Waals surface area contributed by atoms with Crippen LogP contribution in [-0.2, 0) is 20.8 Å². The van der Waals surface area contributed by atoms with E-state index >= 15 is 0 Å². The van der Waals surface area contributed by atoms with Crippen LogP contribution in [0.3, 0.4) is 0 Å². The number of nitrogens with one attached hydrogen (secondary N) is 1. The van der Waals surface area contributed by atoms with Crippen molar-refractivity contribution in [1.29, 1.82) is 0 Å². The van der Waals surface area contributed by atoms with Crippen LogP contribution in [0.4, 0.5) is 5.13 Å². The number of carbonyl (C=O) groups excluding carboxylic acids is 2. The molecule has 0 aromatic carbocycles. The van der Waals surface area contributed by atoms with Crippen LogP contribution in [0.25, 0.3) is 0 Å². The zero-order valence-electron chi connectivity index (χ0n) is 11.5. The maximum absolute atomic E-state index is 11.8. The number of hydrogen-bond acceptors (Lipinski definition) is 5. The largest absolute Gasteiger partial charge is 0.481 e. The van der Waals surface area contributed by atoms with Gasteiger partial charge < -0.3 is 15.3 Å². The van der Waals surface area contributed by atoms with E-state index in [2.05, 4.69) is 10.3 Å². The summed E-state index contributed by atoms with van der Waals surface area (Å²) in [4.78, 5) is 39.4. The van der Waals surface area contributed by atoms with Crippen molar-refractivity contribution in [3.63, 3.8) is 0 Å². The van der Waals surface area contributed by atoms with Crippen LogP contribution in [0.2, 0.25) is 0 Å². The molecule has 0 unspecified atom stereocenters. The van der Waals surface area contributed by atoms with E-state index in [-0.39, 0.29) is 24.8 Å². The fraction of sp³-hybridized carbons (Fsp3) is 0.538. The highest BCUT2D eigenvalue weighted by atomic mass is 32.1. The van der Waals surface area contributed by atoms with Gasteiger partial charge in [0, 0.05) is 24.8 Å². The SMILES string of the molecule is O=C(O)CCCc1csc(NC(=O)CN2CCCC2=O)n1. The molecule has 7 nitrogen and oxygen atoms in total. The van der Waals surface area contributed by atoms with Crippen molar-refractivity contribution in [1.82, 2.24) is 9.88 Å². The van der Waals surface area contributed by atoms with Gasteiger partial charge in [-0.25, -0.2) is 4.98 Å². The van der Waals surface area contributed by atoms with Gasteiger partial charge in [-0.05, 0) is 19.3 Å². The van der Waals surface area contributed by atoms with Crippen LogP contribution in [0.15, 0.2) is 5.38 Å². The van der Waals surface area contributed by atoms with Crippen molar-refractivity contribution in [3.8, 4) is 0 Å². The molecular weight excluding hydrogens is 294 g/mol. The Kier molecular flexibility index (Phi) is 5.26. The molecule has 114 valence electrons. The first-order chi connectivity index (χ1) is 10.0. The third kappa shape index (κ3) is 4.82. The van der Waals surface area contributed by atoms with Crippen LogP contribution < -0.4 is 5.32 Å². The Morgan fingerprint density at radius 3 is 2.95 bits per heavy atom. The van der Waals surface area contributed by atoms with E-state index in [1.807, 2.05) is 0 Å². The van der Waals surface area contributed by atoms with Gasteiger partial charge in [0.1, 0.15) is 0 Å². The molecule has 0 aliphatic carbocycles. The number of aliphatic carboxylic acids is 1. The molecule has 1 aromatic rings. The lowest BCUT2D eigenvalue weighted by atomic mass is 10.2. The molecule has 1 aromatic heterocycles. The maximum atomic E-state index is 11.8. The molecule has 0 atom stereocenters. The summed E-state index contributed by atoms with van der Waals surface area (Å²) >= 11 is 1.30. The number of aromatic nitrogens is 1. The molecule has 0 bridgehead atoms. The van der Waals surface area contributed by atoms with Crippen LogP contribution in [0.1, 0.15) is 31.4 Å². The molecule has 1 aliphatic heterocycles. The summed E-state index contributed by atoms with van der Waals surface area (Å²) in [5.41, 5.74) is 0.772. The van der Waals surface area contributed by atoms with Crippen molar-refractivity contribution in [3.05, 3.63) is 11.1 Å². The fourth-order valence-corrected chi connectivity index (χ4v) is 2.86. The van der Waals surface area contributed by atoms with E-state index in [9.17, 15) is 14.4 Å². The number of carbonyl (C=O) groups is 3. The Hall–Kier alpha value is -1.96. The monoisotopic (exact) mass is 311 g/mol. The van der Waals surface area contributed by atoms with Gasteiger partial charge in [-0.15, -0.1) is 11.3 Å². The lowest BCUT2D eigenvalue weighted by Crippen LogP contribution is -2.33. The van der Waals surface area contributed by atoms with Gasteiger partial charge >= 0.3 is 5.97 Å². The lowest BCUT2D eigenvalue weighted by Gasteiger charge is -2.13. The molecule has 0 saturated carbocycles. The maximum Gasteiger partial charge on any atom is 0.303 e. The van der Waals surface area contributed by atoms with Crippen LogP contribution >= 0.6 is 11.3 Å². The Bertz CT molecular complexity index is 543. The molecular formula is C13H17N3O4S. The quantitative estimate of drug-likeness (QED) is 0.786. The highest BCUT2D eigenvalue weighted by Gasteiger charge is 2.22. The molecule has 1 aliphatic rings. The molecule has 2 N–H and O–H groups in total. The normalized spacial score (nSPS) is 14.5. The van der Waals surface area contributed by atoms with E-state index in [0.29, 0.717) is 30.9 Å². The third-order valence-corrected chi connectivity index (χ3v) is 3.93. The minimum Gasteiger partial charge on any atom is -0.481 e. The number of anilines is 1. The molecule has 21 heavy (non-hydrogen) atoms. The minimum absolute atomic E-state index is 0.0126. The Labute approximate surface area is 126 Å². The van der Waals surface area contributed by atoms with Gasteiger partial charge in [-0.3, -0.25) is 14.4 Å². The predicted molar refractivity (Wildman–Crippen MR) is 77.1 cm³/mol. The van der Waals surface area contributed by atoms with Gasteiger partial charge in [0.15, 0.2) is 5.13 Å². The Morgan fingerprint density at radius 2 is 2.29 bits per heavy atom. The molecule has 2 heterocycles. The van der Waals surface area contributed by atoms with E-state index in [1.165, 1.54) is 16.2 Å². The molecule has 1 saturated heterocycles. The summed E-state index contributed by atoms with van der Waals surface area (Å²) in [5.74, 6) is -1.07. The average Bonchev–Trinajstić information content (AvgIpc) is 3.00. The zero-order chi connectivity index (χ0) is 15.2. The minimum atomic E-state index is -0.825. The number of amides is 2. The standard InChI is InChI=1S/C13H17N3O4S/c17-10(7-16-6-2-4-11(16)18)15-13-14-9(8-21-13)3-1-5-12(19)20/h8H,1-7H2,(H,19,20)(H,14,15,17). The first kappa shape index (κ1) is 15.4. The first-order valence-electron chi connectivity index (χ1n) is 6.78. The Morgan fingerprint density at radius 1 is 1.48 bits per heavy atom. The number of aryl methyl sites for hydroxylation is 1. The van der Waals surface area contributed by atoms with Crippen LogP contribution in [0.5, 0.6) is 0 Å². The second kappa shape index (κ2) is 7.16. The van der Waals surface area contributed by atoms with E-state index in [4.69, 9.17) is 5.11 Å². The number of hydrogen-bond donors (Lipinski definition) is 2. The van der Waals surface area contributed by atoms with Gasteiger partial charge in [-0.1, -0.05) is 0 Å². The molecule has 1 fully saturated rings. The number of thiazole rings is 1. The third-order valence-electron chi connectivity index (χ3n) is 3.13. The molecule has 8 heteroatoms. The number of carboxylic acid groups (broad SMARTS) is 1. The van der Waals surface area contributed by atoms with E-state index in [1.54, 1.807) is 5.38 Å². The van der Waals surface area contributed by atoms with E-state index < -0.39 is 5.97 Å². The summed E-state index contributed by atoms with van der Waals surface area (Å²) in [6, 6.07) is 0. The van der Waals surface area contributed by atoms with Crippen molar-refractivity contribution in [2.24, 2.45) is 0 Å². The topological polar surface area (TPSA) is 99.6 Å². The van der Waals surface area contributed by atoms with Gasteiger partial charge in [0.25, 0.3) is 0 Å². The summed E-state index contributed by atoms with van der Waals surface area (Å²) in [6.45, 7) is 0.692. The molecule has 2 amide bonds. The second-order valence-corrected chi connectivity index (χ2v) is 5.72. The van der Waals surface area contributed by atoms with Crippen molar-refractivity contribution in [2.75, 3.05) is 18.4 Å². The second-order valence-electron chi connectivity index (χ2n) is 4.86. The van der Waals surface area contributed by atoms with E-state index in [0.717, 1.165) is 12.1 Å². The Balaban J connectivity index is 1.77. The predicted octanol–water partition coefficient (Wildman–Crippen LogP) is 1.11. The first-order valence-corrected chi connectivity index (χ1v) is 7.66. The molecule has 0 spiro atoms. The summed E-state index contributed by atoms with van der Waals surface area (Å²) in [7, 11) is 0. The number of likely N-dealkylation sites (tertiary alicyclic amines) is 1. The molecule has 2 rings (SSSR count). The smallest absolute Gasteiger partial charge is 0.303 e.